The highest BCUT2D eigenvalue weighted by molar-refractivity contribution is 9.10. The van der Waals surface area contributed by atoms with Crippen LogP contribution in [0.25, 0.3) is 0 Å². The van der Waals surface area contributed by atoms with Crippen LogP contribution >= 0.6 is 43.5 Å². The molecule has 0 saturated heterocycles. The smallest absolute Gasteiger partial charge is 0.277 e. The maximum atomic E-state index is 11.0. The highest BCUT2D eigenvalue weighted by atomic mass is 79.9. The van der Waals surface area contributed by atoms with Crippen molar-refractivity contribution < 1.29 is 9.66 Å². The first-order valence-electron chi connectivity index (χ1n) is 5.92. The number of halogens is 3. The van der Waals surface area contributed by atoms with Crippen LogP contribution in [0, 0.1) is 10.1 Å². The molecular weight excluding hydrogens is 425 g/mol. The van der Waals surface area contributed by atoms with Gasteiger partial charge in [0.1, 0.15) is 12.4 Å². The molecule has 0 unspecified atom stereocenters. The van der Waals surface area contributed by atoms with Crippen LogP contribution in [0.5, 0.6) is 5.75 Å². The molecule has 0 aliphatic heterocycles. The largest absolute Gasteiger partial charge is 0.488 e. The zero-order valence-corrected chi connectivity index (χ0v) is 14.6. The Morgan fingerprint density at radius 2 is 2.05 bits per heavy atom. The monoisotopic (exact) mass is 433 g/mol. The number of alkyl halides is 1. The number of benzene rings is 2. The number of rotatable bonds is 5. The molecule has 110 valence electrons. The summed E-state index contributed by atoms with van der Waals surface area (Å²) in [5.74, 6) is 0.657. The first kappa shape index (κ1) is 16.3. The Morgan fingerprint density at radius 1 is 1.29 bits per heavy atom. The Kier molecular flexibility index (Phi) is 5.61. The summed E-state index contributed by atoms with van der Waals surface area (Å²) in [6.07, 6.45) is 0. The van der Waals surface area contributed by atoms with Crippen LogP contribution in [-0.2, 0) is 11.9 Å². The van der Waals surface area contributed by atoms with Crippen LogP contribution in [0.3, 0.4) is 0 Å². The van der Waals surface area contributed by atoms with Gasteiger partial charge in [0.05, 0.1) is 15.5 Å². The Hall–Kier alpha value is -1.11. The molecule has 0 aromatic heterocycles. The Bertz CT molecular complexity index is 679. The first-order valence-corrected chi connectivity index (χ1v) is 8.21. The Labute approximate surface area is 143 Å². The van der Waals surface area contributed by atoms with Gasteiger partial charge in [-0.1, -0.05) is 49.5 Å². The number of nitro benzene ring substituents is 1. The van der Waals surface area contributed by atoms with Crippen LogP contribution in [-0.4, -0.2) is 4.92 Å². The fraction of sp³-hybridized carbons (Fsp3) is 0.143. The minimum Gasteiger partial charge on any atom is -0.488 e. The van der Waals surface area contributed by atoms with Crippen molar-refractivity contribution in [3.05, 3.63) is 67.1 Å². The molecule has 0 atom stereocenters. The van der Waals surface area contributed by atoms with Crippen LogP contribution in [0.1, 0.15) is 11.1 Å². The molecule has 0 amide bonds. The zero-order valence-electron chi connectivity index (χ0n) is 10.7. The second kappa shape index (κ2) is 7.24. The van der Waals surface area contributed by atoms with E-state index in [1.54, 1.807) is 12.1 Å². The second-order valence-corrected chi connectivity index (χ2v) is 6.05. The van der Waals surface area contributed by atoms with Crippen molar-refractivity contribution in [1.82, 2.24) is 0 Å². The van der Waals surface area contributed by atoms with Gasteiger partial charge in [-0.3, -0.25) is 10.1 Å². The standard InChI is InChI=1S/C14H10Br2ClNO3/c15-7-9-6-10(16)4-5-14(9)21-8-11-12(17)2-1-3-13(11)18(19)20/h1-6H,7-8H2. The summed E-state index contributed by atoms with van der Waals surface area (Å²) in [5, 5.41) is 12.0. The fourth-order valence-corrected chi connectivity index (χ4v) is 2.88. The van der Waals surface area contributed by atoms with Gasteiger partial charge in [0.25, 0.3) is 5.69 Å². The Morgan fingerprint density at radius 3 is 2.71 bits per heavy atom. The third-order valence-electron chi connectivity index (χ3n) is 2.83. The van der Waals surface area contributed by atoms with Gasteiger partial charge >= 0.3 is 0 Å². The molecule has 4 nitrogen and oxygen atoms in total. The summed E-state index contributed by atoms with van der Waals surface area (Å²) >= 11 is 12.8. The lowest BCUT2D eigenvalue weighted by Gasteiger charge is -2.11. The predicted molar refractivity (Wildman–Crippen MR) is 89.2 cm³/mol. The molecule has 0 aliphatic rings. The van der Waals surface area contributed by atoms with E-state index in [9.17, 15) is 10.1 Å². The molecule has 0 N–H and O–H groups in total. The molecule has 2 rings (SSSR count). The minimum atomic E-state index is -0.461. The quantitative estimate of drug-likeness (QED) is 0.355. The lowest BCUT2D eigenvalue weighted by atomic mass is 10.2. The van der Waals surface area contributed by atoms with E-state index in [-0.39, 0.29) is 12.3 Å². The highest BCUT2D eigenvalue weighted by Gasteiger charge is 2.17. The Balaban J connectivity index is 2.27. The van der Waals surface area contributed by atoms with E-state index in [2.05, 4.69) is 31.9 Å². The van der Waals surface area contributed by atoms with E-state index in [1.807, 2.05) is 18.2 Å². The summed E-state index contributed by atoms with van der Waals surface area (Å²) < 4.78 is 6.64. The van der Waals surface area contributed by atoms with Crippen LogP contribution in [0.2, 0.25) is 5.02 Å². The lowest BCUT2D eigenvalue weighted by Crippen LogP contribution is -2.02. The molecule has 21 heavy (non-hydrogen) atoms. The number of hydrogen-bond acceptors (Lipinski definition) is 3. The van der Waals surface area contributed by atoms with Gasteiger partial charge in [-0.15, -0.1) is 0 Å². The first-order chi connectivity index (χ1) is 10.0. The van der Waals surface area contributed by atoms with Crippen LogP contribution in [0.15, 0.2) is 40.9 Å². The fourth-order valence-electron chi connectivity index (χ4n) is 1.80. The van der Waals surface area contributed by atoms with Crippen molar-refractivity contribution in [2.75, 3.05) is 0 Å². The molecule has 2 aromatic rings. The van der Waals surface area contributed by atoms with E-state index in [0.717, 1.165) is 10.0 Å². The topological polar surface area (TPSA) is 52.4 Å². The van der Waals surface area contributed by atoms with Gasteiger partial charge in [-0.25, -0.2) is 0 Å². The van der Waals surface area contributed by atoms with E-state index in [0.29, 0.717) is 21.7 Å². The number of nitro groups is 1. The maximum Gasteiger partial charge on any atom is 0.277 e. The molecular formula is C14H10Br2ClNO3. The van der Waals surface area contributed by atoms with Crippen molar-refractivity contribution in [3.63, 3.8) is 0 Å². The SMILES string of the molecule is O=[N+]([O-])c1cccc(Cl)c1COc1ccc(Br)cc1CBr. The van der Waals surface area contributed by atoms with Crippen molar-refractivity contribution in [3.8, 4) is 5.75 Å². The van der Waals surface area contributed by atoms with Crippen molar-refractivity contribution in [1.29, 1.82) is 0 Å². The number of hydrogen-bond donors (Lipinski definition) is 0. The normalized spacial score (nSPS) is 10.4. The average Bonchev–Trinajstić information content (AvgIpc) is 2.46. The second-order valence-electron chi connectivity index (χ2n) is 4.17. The summed E-state index contributed by atoms with van der Waals surface area (Å²) in [4.78, 5) is 10.6. The summed E-state index contributed by atoms with van der Waals surface area (Å²) in [7, 11) is 0. The van der Waals surface area contributed by atoms with Crippen molar-refractivity contribution in [2.24, 2.45) is 0 Å². The van der Waals surface area contributed by atoms with E-state index < -0.39 is 4.92 Å². The molecule has 2 aromatic carbocycles. The van der Waals surface area contributed by atoms with Gasteiger partial charge in [0.2, 0.25) is 0 Å². The van der Waals surface area contributed by atoms with E-state index >= 15 is 0 Å². The van der Waals surface area contributed by atoms with Gasteiger partial charge < -0.3 is 4.74 Å². The molecule has 0 radical (unpaired) electrons. The molecule has 0 aliphatic carbocycles. The lowest BCUT2D eigenvalue weighted by molar-refractivity contribution is -0.385. The molecule has 0 saturated carbocycles. The van der Waals surface area contributed by atoms with Crippen molar-refractivity contribution in [2.45, 2.75) is 11.9 Å². The van der Waals surface area contributed by atoms with Crippen LogP contribution < -0.4 is 4.74 Å². The third kappa shape index (κ3) is 3.96. The molecule has 0 spiro atoms. The van der Waals surface area contributed by atoms with Gasteiger partial charge in [-0.2, -0.15) is 0 Å². The van der Waals surface area contributed by atoms with E-state index in [1.165, 1.54) is 6.07 Å². The molecule has 7 heteroatoms. The molecule has 0 heterocycles. The zero-order chi connectivity index (χ0) is 15.4. The molecule has 0 fully saturated rings. The van der Waals surface area contributed by atoms with Crippen LogP contribution in [0.4, 0.5) is 5.69 Å². The minimum absolute atomic E-state index is 0.0393. The van der Waals surface area contributed by atoms with Gasteiger partial charge in [0, 0.05) is 21.4 Å². The number of ether oxygens (including phenoxy) is 1. The number of nitrogens with zero attached hydrogens (tertiary/aromatic N) is 1. The van der Waals surface area contributed by atoms with E-state index in [4.69, 9.17) is 16.3 Å². The van der Waals surface area contributed by atoms with Gasteiger partial charge in [-0.05, 0) is 24.3 Å². The third-order valence-corrected chi connectivity index (χ3v) is 4.28. The maximum absolute atomic E-state index is 11.0. The van der Waals surface area contributed by atoms with Gasteiger partial charge in [0.15, 0.2) is 0 Å². The molecule has 0 bridgehead atoms. The predicted octanol–water partition coefficient (Wildman–Crippen LogP) is 5.48. The summed E-state index contributed by atoms with van der Waals surface area (Å²) in [6.45, 7) is 0.0393. The highest BCUT2D eigenvalue weighted by Crippen LogP contribution is 2.30. The summed E-state index contributed by atoms with van der Waals surface area (Å²) in [5.41, 5.74) is 1.27. The average molecular weight is 435 g/mol. The summed E-state index contributed by atoms with van der Waals surface area (Å²) in [6, 6.07) is 10.2. The van der Waals surface area contributed by atoms with Crippen molar-refractivity contribution >= 4 is 49.1 Å².